The molecule has 10 nitrogen and oxygen atoms in total. The van der Waals surface area contributed by atoms with Gasteiger partial charge in [-0.2, -0.15) is 0 Å². The first-order valence-electron chi connectivity index (χ1n) is 9.63. The van der Waals surface area contributed by atoms with Crippen molar-refractivity contribution in [1.82, 2.24) is 15.5 Å². The predicted octanol–water partition coefficient (Wildman–Crippen LogP) is 0.129. The van der Waals surface area contributed by atoms with Crippen LogP contribution in [0.1, 0.15) is 36.6 Å². The summed E-state index contributed by atoms with van der Waals surface area (Å²) in [6.45, 7) is 1.44. The topological polar surface area (TPSA) is 175 Å². The zero-order valence-electron chi connectivity index (χ0n) is 16.6. The van der Waals surface area contributed by atoms with Crippen LogP contribution in [0.15, 0.2) is 29.2 Å². The summed E-state index contributed by atoms with van der Waals surface area (Å²) >= 11 is 1.27. The third-order valence-corrected chi connectivity index (χ3v) is 5.60. The molecule has 1 aromatic rings. The molecule has 0 radical (unpaired) electrons. The lowest BCUT2D eigenvalue weighted by Gasteiger charge is -2.17. The minimum atomic E-state index is -1.10. The van der Waals surface area contributed by atoms with Gasteiger partial charge in [0, 0.05) is 30.9 Å². The van der Waals surface area contributed by atoms with Crippen LogP contribution >= 0.6 is 11.3 Å². The number of aliphatic carboxylic acids is 1. The fraction of sp³-hybridized carbons (Fsp3) is 0.474. The lowest BCUT2D eigenvalue weighted by molar-refractivity contribution is -0.142. The van der Waals surface area contributed by atoms with Crippen molar-refractivity contribution in [3.05, 3.63) is 34.0 Å². The smallest absolute Gasteiger partial charge is 0.331 e. The van der Waals surface area contributed by atoms with Gasteiger partial charge in [-0.1, -0.05) is 17.7 Å². The molecule has 0 spiro atoms. The number of nitrogens with one attached hydrogen (secondary N) is 3. The number of carbonyl (C=O) groups excluding carboxylic acids is 2. The molecule has 2 amide bonds. The van der Waals surface area contributed by atoms with Crippen LogP contribution in [0.25, 0.3) is 0 Å². The Morgan fingerprint density at radius 1 is 1.33 bits per heavy atom. The molecule has 0 aromatic carbocycles. The van der Waals surface area contributed by atoms with E-state index in [0.717, 1.165) is 5.57 Å². The predicted molar refractivity (Wildman–Crippen MR) is 114 cm³/mol. The molecular formula is C19H28N6O4S. The quantitative estimate of drug-likeness (QED) is 0.124. The van der Waals surface area contributed by atoms with Gasteiger partial charge < -0.3 is 32.1 Å². The molecule has 1 aliphatic heterocycles. The zero-order chi connectivity index (χ0) is 22.1. The third kappa shape index (κ3) is 7.16. The van der Waals surface area contributed by atoms with Crippen molar-refractivity contribution in [3.63, 3.8) is 0 Å². The summed E-state index contributed by atoms with van der Waals surface area (Å²) < 4.78 is 0. The minimum Gasteiger partial charge on any atom is -0.479 e. The molecule has 1 aliphatic rings. The number of thiophene rings is 1. The van der Waals surface area contributed by atoms with Crippen molar-refractivity contribution in [2.45, 2.75) is 37.8 Å². The van der Waals surface area contributed by atoms with Gasteiger partial charge in [0.2, 0.25) is 11.8 Å². The Kier molecular flexibility index (Phi) is 8.81. The second-order valence-corrected chi connectivity index (χ2v) is 8.02. The van der Waals surface area contributed by atoms with Gasteiger partial charge in [0.1, 0.15) is 0 Å². The summed E-state index contributed by atoms with van der Waals surface area (Å²) in [7, 11) is 0. The van der Waals surface area contributed by atoms with Crippen molar-refractivity contribution in [3.8, 4) is 0 Å². The Morgan fingerprint density at radius 2 is 2.10 bits per heavy atom. The van der Waals surface area contributed by atoms with Gasteiger partial charge in [-0.05, 0) is 30.7 Å². The van der Waals surface area contributed by atoms with Crippen molar-refractivity contribution < 1.29 is 19.5 Å². The molecule has 0 saturated carbocycles. The lowest BCUT2D eigenvalue weighted by Crippen LogP contribution is -2.41. The summed E-state index contributed by atoms with van der Waals surface area (Å²) in [6.07, 6.45) is 3.58. The van der Waals surface area contributed by atoms with Crippen molar-refractivity contribution >= 4 is 35.1 Å². The number of carboxylic acid groups (broad SMARTS) is 1. The van der Waals surface area contributed by atoms with E-state index in [9.17, 15) is 19.5 Å². The Balaban J connectivity index is 1.61. The standard InChI is InChI=1S/C19H28N6O4S/c20-13(10-12-6-8-25(11-12)19(21)22)17(27)23-7-2-1-5-15(26)24-16(18(28)29)14-4-3-9-30-14/h3-4,6,9,13,16H,1-2,5,7-8,10-11,20H2,(H3,21,22)(H,23,27)(H,24,26)(H,28,29). The number of carboxylic acids is 1. The Hall–Kier alpha value is -2.92. The summed E-state index contributed by atoms with van der Waals surface area (Å²) in [4.78, 5) is 37.7. The first-order chi connectivity index (χ1) is 14.3. The monoisotopic (exact) mass is 436 g/mol. The number of nitrogens with zero attached hydrogens (tertiary/aromatic N) is 1. The van der Waals surface area contributed by atoms with E-state index in [4.69, 9.17) is 16.9 Å². The number of amides is 2. The minimum absolute atomic E-state index is 0.00614. The Labute approximate surface area is 178 Å². The fourth-order valence-corrected chi connectivity index (χ4v) is 3.78. The van der Waals surface area contributed by atoms with E-state index in [0.29, 0.717) is 43.8 Å². The molecule has 164 valence electrons. The van der Waals surface area contributed by atoms with Crippen molar-refractivity contribution in [1.29, 1.82) is 5.41 Å². The fourth-order valence-electron chi connectivity index (χ4n) is 3.02. The van der Waals surface area contributed by atoms with Crippen LogP contribution < -0.4 is 22.1 Å². The normalized spacial score (nSPS) is 15.2. The van der Waals surface area contributed by atoms with Crippen molar-refractivity contribution in [2.75, 3.05) is 19.6 Å². The van der Waals surface area contributed by atoms with Crippen LogP contribution in [0.2, 0.25) is 0 Å². The number of carbonyl (C=O) groups is 3. The van der Waals surface area contributed by atoms with Crippen LogP contribution in [0.5, 0.6) is 0 Å². The number of rotatable bonds is 11. The molecule has 0 aliphatic carbocycles. The SMILES string of the molecule is N=C(N)N1CC=C(CC(N)C(=O)NCCCCC(=O)NC(C(=O)O)c2cccs2)C1. The highest BCUT2D eigenvalue weighted by Gasteiger charge is 2.23. The molecule has 0 fully saturated rings. The summed E-state index contributed by atoms with van der Waals surface area (Å²) in [5.41, 5.74) is 12.4. The summed E-state index contributed by atoms with van der Waals surface area (Å²) in [6, 6.07) is 1.67. The number of nitrogens with two attached hydrogens (primary N) is 2. The lowest BCUT2D eigenvalue weighted by atomic mass is 10.1. The number of hydrogen-bond donors (Lipinski definition) is 6. The number of unbranched alkanes of at least 4 members (excludes halogenated alkanes) is 1. The largest absolute Gasteiger partial charge is 0.479 e. The molecule has 8 N–H and O–H groups in total. The molecule has 30 heavy (non-hydrogen) atoms. The van der Waals surface area contributed by atoms with Gasteiger partial charge >= 0.3 is 5.97 Å². The zero-order valence-corrected chi connectivity index (χ0v) is 17.4. The second-order valence-electron chi connectivity index (χ2n) is 7.04. The maximum absolute atomic E-state index is 12.1. The van der Waals surface area contributed by atoms with E-state index in [1.165, 1.54) is 11.3 Å². The van der Waals surface area contributed by atoms with Gasteiger partial charge in [0.25, 0.3) is 0 Å². The highest BCUT2D eigenvalue weighted by molar-refractivity contribution is 7.10. The molecule has 2 heterocycles. The van der Waals surface area contributed by atoms with Crippen LogP contribution in [-0.4, -0.2) is 59.4 Å². The summed E-state index contributed by atoms with van der Waals surface area (Å²) in [5.74, 6) is -1.73. The molecule has 2 rings (SSSR count). The van der Waals surface area contributed by atoms with E-state index in [1.54, 1.807) is 22.4 Å². The molecule has 2 atom stereocenters. The van der Waals surface area contributed by atoms with Gasteiger partial charge in [0.15, 0.2) is 12.0 Å². The van der Waals surface area contributed by atoms with Crippen molar-refractivity contribution in [2.24, 2.45) is 11.5 Å². The van der Waals surface area contributed by atoms with E-state index in [-0.39, 0.29) is 24.2 Å². The maximum atomic E-state index is 12.1. The van der Waals surface area contributed by atoms with Crippen LogP contribution in [0, 0.1) is 5.41 Å². The average molecular weight is 437 g/mol. The first-order valence-corrected chi connectivity index (χ1v) is 10.5. The highest BCUT2D eigenvalue weighted by atomic mass is 32.1. The molecular weight excluding hydrogens is 408 g/mol. The van der Waals surface area contributed by atoms with Gasteiger partial charge in [0.05, 0.1) is 6.04 Å². The molecule has 1 aromatic heterocycles. The van der Waals surface area contributed by atoms with Gasteiger partial charge in [-0.25, -0.2) is 4.79 Å². The number of guanidine groups is 1. The Bertz CT molecular complexity index is 795. The Morgan fingerprint density at radius 3 is 2.70 bits per heavy atom. The number of hydrogen-bond acceptors (Lipinski definition) is 6. The summed E-state index contributed by atoms with van der Waals surface area (Å²) in [5, 5.41) is 23.7. The average Bonchev–Trinajstić information content (AvgIpc) is 3.37. The van der Waals surface area contributed by atoms with E-state index in [1.807, 2.05) is 6.08 Å². The van der Waals surface area contributed by atoms with Gasteiger partial charge in [-0.15, -0.1) is 11.3 Å². The third-order valence-electron chi connectivity index (χ3n) is 4.66. The van der Waals surface area contributed by atoms with E-state index in [2.05, 4.69) is 10.6 Å². The molecule has 11 heteroatoms. The molecule has 0 saturated heterocycles. The van der Waals surface area contributed by atoms with Gasteiger partial charge in [-0.3, -0.25) is 15.0 Å². The van der Waals surface area contributed by atoms with E-state index >= 15 is 0 Å². The maximum Gasteiger partial charge on any atom is 0.331 e. The van der Waals surface area contributed by atoms with E-state index < -0.39 is 18.1 Å². The van der Waals surface area contributed by atoms with Crippen LogP contribution in [-0.2, 0) is 14.4 Å². The van der Waals surface area contributed by atoms with Crippen LogP contribution in [0.4, 0.5) is 0 Å². The highest BCUT2D eigenvalue weighted by Crippen LogP contribution is 2.19. The molecule has 0 bridgehead atoms. The molecule has 2 unspecified atom stereocenters. The second kappa shape index (κ2) is 11.3. The first kappa shape index (κ1) is 23.4. The van der Waals surface area contributed by atoms with Crippen LogP contribution in [0.3, 0.4) is 0 Å².